The molecule has 5 aromatic rings. The van der Waals surface area contributed by atoms with Crippen molar-refractivity contribution in [2.45, 2.75) is 0 Å². The number of fused-ring (bicyclic) bond motifs is 1. The van der Waals surface area contributed by atoms with Gasteiger partial charge in [-0.15, -0.1) is 0 Å². The standard InChI is InChI=1S/C24H18N4O/c25-22-9-5-4-8-21(22)18-15-26-24-14-23(27-28(24)16-18)17-10-12-20(13-11-17)29-19-6-2-1-3-7-19/h1-16H,25H2. The van der Waals surface area contributed by atoms with Gasteiger partial charge < -0.3 is 10.5 Å². The Balaban J connectivity index is 1.44. The molecule has 0 aliphatic heterocycles. The molecule has 2 heterocycles. The highest BCUT2D eigenvalue weighted by molar-refractivity contribution is 5.76. The van der Waals surface area contributed by atoms with E-state index in [0.717, 1.165) is 45.2 Å². The first kappa shape index (κ1) is 17.0. The van der Waals surface area contributed by atoms with Gasteiger partial charge in [-0.3, -0.25) is 0 Å². The van der Waals surface area contributed by atoms with Crippen LogP contribution in [0.4, 0.5) is 5.69 Å². The van der Waals surface area contributed by atoms with Gasteiger partial charge in [-0.25, -0.2) is 9.50 Å². The predicted molar refractivity (Wildman–Crippen MR) is 115 cm³/mol. The molecule has 0 aliphatic rings. The van der Waals surface area contributed by atoms with E-state index < -0.39 is 0 Å². The molecule has 2 N–H and O–H groups in total. The van der Waals surface area contributed by atoms with E-state index in [4.69, 9.17) is 10.5 Å². The Morgan fingerprint density at radius 2 is 1.48 bits per heavy atom. The van der Waals surface area contributed by atoms with E-state index in [1.54, 1.807) is 4.52 Å². The summed E-state index contributed by atoms with van der Waals surface area (Å²) in [5.41, 5.74) is 11.3. The number of aromatic nitrogens is 3. The van der Waals surface area contributed by atoms with Gasteiger partial charge in [-0.1, -0.05) is 36.4 Å². The fourth-order valence-electron chi connectivity index (χ4n) is 3.24. The lowest BCUT2D eigenvalue weighted by molar-refractivity contribution is 0.483. The average molecular weight is 378 g/mol. The van der Waals surface area contributed by atoms with Gasteiger partial charge in [0.05, 0.1) is 5.69 Å². The van der Waals surface area contributed by atoms with Crippen molar-refractivity contribution >= 4 is 11.3 Å². The van der Waals surface area contributed by atoms with Crippen LogP contribution in [0.2, 0.25) is 0 Å². The van der Waals surface area contributed by atoms with E-state index in [2.05, 4.69) is 10.1 Å². The van der Waals surface area contributed by atoms with Crippen molar-refractivity contribution in [3.8, 4) is 33.9 Å². The van der Waals surface area contributed by atoms with Crippen LogP contribution in [0.15, 0.2) is 97.3 Å². The zero-order valence-corrected chi connectivity index (χ0v) is 15.6. The Bertz CT molecular complexity index is 1280. The highest BCUT2D eigenvalue weighted by Crippen LogP contribution is 2.28. The SMILES string of the molecule is Nc1ccccc1-c1cnc2cc(-c3ccc(Oc4ccccc4)cc3)nn2c1. The molecular formula is C24H18N4O. The highest BCUT2D eigenvalue weighted by Gasteiger charge is 2.09. The number of benzene rings is 3. The van der Waals surface area contributed by atoms with Gasteiger partial charge in [0.1, 0.15) is 11.5 Å². The summed E-state index contributed by atoms with van der Waals surface area (Å²) in [4.78, 5) is 4.54. The normalized spacial score (nSPS) is 10.9. The maximum atomic E-state index is 6.09. The number of nitrogens with zero attached hydrogens (tertiary/aromatic N) is 3. The summed E-state index contributed by atoms with van der Waals surface area (Å²) in [5.74, 6) is 1.59. The number of nitrogen functional groups attached to an aromatic ring is 1. The molecule has 140 valence electrons. The van der Waals surface area contributed by atoms with Gasteiger partial charge in [0.25, 0.3) is 0 Å². The number of ether oxygens (including phenoxy) is 1. The fourth-order valence-corrected chi connectivity index (χ4v) is 3.24. The van der Waals surface area contributed by atoms with Gasteiger partial charge in [0, 0.05) is 40.8 Å². The minimum atomic E-state index is 0.718. The van der Waals surface area contributed by atoms with Crippen LogP contribution in [-0.4, -0.2) is 14.6 Å². The molecule has 5 heteroatoms. The molecule has 0 saturated heterocycles. The topological polar surface area (TPSA) is 65.4 Å². The van der Waals surface area contributed by atoms with E-state index in [1.165, 1.54) is 0 Å². The minimum Gasteiger partial charge on any atom is -0.457 e. The molecule has 0 atom stereocenters. The number of para-hydroxylation sites is 2. The van der Waals surface area contributed by atoms with Crippen LogP contribution in [-0.2, 0) is 0 Å². The van der Waals surface area contributed by atoms with Crippen LogP contribution in [0.1, 0.15) is 0 Å². The van der Waals surface area contributed by atoms with Gasteiger partial charge in [-0.05, 0) is 42.5 Å². The lowest BCUT2D eigenvalue weighted by Crippen LogP contribution is -1.94. The summed E-state index contributed by atoms with van der Waals surface area (Å²) < 4.78 is 7.64. The van der Waals surface area contributed by atoms with Crippen molar-refractivity contribution in [3.05, 3.63) is 97.3 Å². The van der Waals surface area contributed by atoms with Crippen molar-refractivity contribution in [1.29, 1.82) is 0 Å². The Hall–Kier alpha value is -4.12. The second kappa shape index (κ2) is 7.13. The first-order valence-corrected chi connectivity index (χ1v) is 9.30. The first-order valence-electron chi connectivity index (χ1n) is 9.30. The monoisotopic (exact) mass is 378 g/mol. The summed E-state index contributed by atoms with van der Waals surface area (Å²) in [6, 6.07) is 27.3. The van der Waals surface area contributed by atoms with Crippen molar-refractivity contribution in [2.75, 3.05) is 5.73 Å². The van der Waals surface area contributed by atoms with E-state index in [1.807, 2.05) is 97.3 Å². The zero-order valence-electron chi connectivity index (χ0n) is 15.6. The van der Waals surface area contributed by atoms with Crippen molar-refractivity contribution in [2.24, 2.45) is 0 Å². The van der Waals surface area contributed by atoms with Gasteiger partial charge in [-0.2, -0.15) is 5.10 Å². The molecule has 5 rings (SSSR count). The number of hydrogen-bond donors (Lipinski definition) is 1. The second-order valence-electron chi connectivity index (χ2n) is 6.70. The van der Waals surface area contributed by atoms with Crippen LogP contribution < -0.4 is 10.5 Å². The number of rotatable bonds is 4. The van der Waals surface area contributed by atoms with Crippen LogP contribution in [0.5, 0.6) is 11.5 Å². The molecule has 0 bridgehead atoms. The minimum absolute atomic E-state index is 0.718. The van der Waals surface area contributed by atoms with Crippen LogP contribution >= 0.6 is 0 Å². The van der Waals surface area contributed by atoms with Crippen LogP contribution in [0, 0.1) is 0 Å². The third kappa shape index (κ3) is 3.41. The van der Waals surface area contributed by atoms with Gasteiger partial charge in [0.2, 0.25) is 0 Å². The summed E-state index contributed by atoms with van der Waals surface area (Å²) >= 11 is 0. The molecule has 0 radical (unpaired) electrons. The van der Waals surface area contributed by atoms with Crippen molar-refractivity contribution in [1.82, 2.24) is 14.6 Å². The second-order valence-corrected chi connectivity index (χ2v) is 6.70. The third-order valence-electron chi connectivity index (χ3n) is 4.71. The number of nitrogens with two attached hydrogens (primary N) is 1. The fraction of sp³-hybridized carbons (Fsp3) is 0. The maximum absolute atomic E-state index is 6.09. The summed E-state index contributed by atoms with van der Waals surface area (Å²) in [6.45, 7) is 0. The van der Waals surface area contributed by atoms with E-state index in [0.29, 0.717) is 0 Å². The Labute approximate surface area is 168 Å². The van der Waals surface area contributed by atoms with Crippen molar-refractivity contribution in [3.63, 3.8) is 0 Å². The summed E-state index contributed by atoms with van der Waals surface area (Å²) in [7, 11) is 0. The Kier molecular flexibility index (Phi) is 4.18. The molecule has 0 aliphatic carbocycles. The Morgan fingerprint density at radius 3 is 2.28 bits per heavy atom. The van der Waals surface area contributed by atoms with Gasteiger partial charge in [0.15, 0.2) is 5.65 Å². The smallest absolute Gasteiger partial charge is 0.155 e. The quantitative estimate of drug-likeness (QED) is 0.423. The lowest BCUT2D eigenvalue weighted by atomic mass is 10.1. The molecular weight excluding hydrogens is 360 g/mol. The summed E-state index contributed by atoms with van der Waals surface area (Å²) in [5, 5.41) is 4.68. The predicted octanol–water partition coefficient (Wildman–Crippen LogP) is 5.44. The molecule has 0 saturated carbocycles. The molecule has 5 nitrogen and oxygen atoms in total. The highest BCUT2D eigenvalue weighted by atomic mass is 16.5. The van der Waals surface area contributed by atoms with Gasteiger partial charge >= 0.3 is 0 Å². The molecule has 0 spiro atoms. The molecule has 0 unspecified atom stereocenters. The van der Waals surface area contributed by atoms with E-state index >= 15 is 0 Å². The van der Waals surface area contributed by atoms with Crippen molar-refractivity contribution < 1.29 is 4.74 Å². The summed E-state index contributed by atoms with van der Waals surface area (Å²) in [6.07, 6.45) is 3.77. The first-order chi connectivity index (χ1) is 14.3. The number of hydrogen-bond acceptors (Lipinski definition) is 4. The zero-order chi connectivity index (χ0) is 19.6. The molecule has 0 fully saturated rings. The maximum Gasteiger partial charge on any atom is 0.155 e. The number of anilines is 1. The van der Waals surface area contributed by atoms with E-state index in [-0.39, 0.29) is 0 Å². The third-order valence-corrected chi connectivity index (χ3v) is 4.71. The average Bonchev–Trinajstić information content (AvgIpc) is 3.19. The lowest BCUT2D eigenvalue weighted by Gasteiger charge is -2.05. The molecule has 2 aromatic heterocycles. The molecule has 29 heavy (non-hydrogen) atoms. The van der Waals surface area contributed by atoms with Crippen LogP contribution in [0.25, 0.3) is 28.0 Å². The molecule has 3 aromatic carbocycles. The van der Waals surface area contributed by atoms with E-state index in [9.17, 15) is 0 Å². The molecule has 0 amide bonds. The Morgan fingerprint density at radius 1 is 0.759 bits per heavy atom. The van der Waals surface area contributed by atoms with Crippen LogP contribution in [0.3, 0.4) is 0 Å². The largest absolute Gasteiger partial charge is 0.457 e.